The molecule has 3 N–H and O–H groups in total. The van der Waals surface area contributed by atoms with Gasteiger partial charge in [-0.05, 0) is 47.9 Å². The van der Waals surface area contributed by atoms with Crippen LogP contribution in [0.1, 0.15) is 44.2 Å². The predicted molar refractivity (Wildman–Crippen MR) is 131 cm³/mol. The quantitative estimate of drug-likeness (QED) is 0.563. The molecule has 5 atom stereocenters. The molecule has 0 aromatic heterocycles. The zero-order valence-electron chi connectivity index (χ0n) is 20.0. The van der Waals surface area contributed by atoms with Crippen LogP contribution in [0.3, 0.4) is 0 Å². The molecule has 34 heavy (non-hydrogen) atoms. The van der Waals surface area contributed by atoms with E-state index in [0.29, 0.717) is 19.0 Å². The van der Waals surface area contributed by atoms with Crippen molar-refractivity contribution in [3.8, 4) is 5.75 Å². The highest BCUT2D eigenvalue weighted by Crippen LogP contribution is 2.54. The van der Waals surface area contributed by atoms with E-state index in [2.05, 4.69) is 29.4 Å². The number of phenolic OH excluding ortho intramolecular Hbond substituents is 1. The van der Waals surface area contributed by atoms with Gasteiger partial charge in [-0.2, -0.15) is 0 Å². The van der Waals surface area contributed by atoms with Gasteiger partial charge in [0.1, 0.15) is 11.3 Å². The van der Waals surface area contributed by atoms with E-state index >= 15 is 0 Å². The molecule has 6 rings (SSSR count). The lowest BCUT2D eigenvalue weighted by atomic mass is 9.58. The first-order valence-electron chi connectivity index (χ1n) is 12.5. The molecule has 1 aliphatic carbocycles. The number of fused-ring (bicyclic) bond motifs is 1. The van der Waals surface area contributed by atoms with Crippen molar-refractivity contribution in [3.05, 3.63) is 65.7 Å². The Morgan fingerprint density at radius 1 is 1.15 bits per heavy atom. The number of hydrogen-bond donors (Lipinski definition) is 3. The molecule has 3 aliphatic heterocycles. The van der Waals surface area contributed by atoms with E-state index in [1.165, 1.54) is 0 Å². The Bertz CT molecular complexity index is 1040. The van der Waals surface area contributed by atoms with Gasteiger partial charge in [0, 0.05) is 37.5 Å². The van der Waals surface area contributed by atoms with E-state index in [0.717, 1.165) is 36.9 Å². The molecule has 5 unspecified atom stereocenters. The van der Waals surface area contributed by atoms with Gasteiger partial charge in [0.15, 0.2) is 0 Å². The molecule has 1 saturated carbocycles. The van der Waals surface area contributed by atoms with Gasteiger partial charge in [-0.3, -0.25) is 14.5 Å². The van der Waals surface area contributed by atoms with Crippen LogP contribution in [0.2, 0.25) is 0 Å². The first-order chi connectivity index (χ1) is 16.4. The zero-order valence-corrected chi connectivity index (χ0v) is 20.0. The third-order valence-electron chi connectivity index (χ3n) is 8.16. The molecular formula is C28H35N3O3. The standard InChI is InChI=1S/C28H35N3O3/c1-18(2)8-13-23-24-14-21-17-31(16-20-9-11-22(32)12-10-20)25(23)28(21,30-26(24)33)27(34)29-15-19-6-4-3-5-7-19/h3-7,9-12,18,21,23-25,32H,8,13-17H2,1-2H3,(H,29,34)(H,30,33). The van der Waals surface area contributed by atoms with Crippen LogP contribution in [0.15, 0.2) is 54.6 Å². The highest BCUT2D eigenvalue weighted by Gasteiger charge is 2.70. The molecule has 2 amide bonds. The Kier molecular flexibility index (Phi) is 6.11. The monoisotopic (exact) mass is 461 g/mol. The van der Waals surface area contributed by atoms with Crippen molar-refractivity contribution in [1.29, 1.82) is 0 Å². The summed E-state index contributed by atoms with van der Waals surface area (Å²) in [5.74, 6) is 1.03. The Morgan fingerprint density at radius 2 is 1.88 bits per heavy atom. The van der Waals surface area contributed by atoms with Crippen LogP contribution in [0.25, 0.3) is 0 Å². The van der Waals surface area contributed by atoms with Crippen molar-refractivity contribution >= 4 is 11.8 Å². The lowest BCUT2D eigenvalue weighted by Crippen LogP contribution is -2.77. The van der Waals surface area contributed by atoms with E-state index in [9.17, 15) is 14.7 Å². The summed E-state index contributed by atoms with van der Waals surface area (Å²) in [5.41, 5.74) is 1.27. The zero-order chi connectivity index (χ0) is 23.9. The van der Waals surface area contributed by atoms with Crippen molar-refractivity contribution in [2.75, 3.05) is 6.54 Å². The molecule has 0 radical (unpaired) electrons. The number of likely N-dealkylation sites (tertiary alicyclic amines) is 1. The minimum atomic E-state index is -0.890. The molecule has 4 bridgehead atoms. The molecule has 6 nitrogen and oxygen atoms in total. The molecule has 2 aromatic rings. The Labute approximate surface area is 201 Å². The van der Waals surface area contributed by atoms with Crippen LogP contribution < -0.4 is 10.6 Å². The molecule has 180 valence electrons. The largest absolute Gasteiger partial charge is 0.508 e. The molecule has 2 aromatic carbocycles. The maximum absolute atomic E-state index is 13.9. The van der Waals surface area contributed by atoms with Gasteiger partial charge in [0.2, 0.25) is 11.8 Å². The molecule has 0 spiro atoms. The van der Waals surface area contributed by atoms with Crippen LogP contribution in [-0.4, -0.2) is 39.9 Å². The van der Waals surface area contributed by atoms with E-state index in [1.807, 2.05) is 42.5 Å². The number of carbonyl (C=O) groups is 2. The Morgan fingerprint density at radius 3 is 2.59 bits per heavy atom. The normalized spacial score (nSPS) is 29.9. The minimum absolute atomic E-state index is 0.0256. The summed E-state index contributed by atoms with van der Waals surface area (Å²) in [4.78, 5) is 29.5. The number of aromatic hydroxyl groups is 1. The van der Waals surface area contributed by atoms with Gasteiger partial charge >= 0.3 is 0 Å². The number of phenols is 1. The summed E-state index contributed by atoms with van der Waals surface area (Å²) in [6.45, 7) is 6.38. The van der Waals surface area contributed by atoms with Gasteiger partial charge in [-0.25, -0.2) is 0 Å². The van der Waals surface area contributed by atoms with Crippen molar-refractivity contribution in [2.45, 2.75) is 57.8 Å². The van der Waals surface area contributed by atoms with Crippen LogP contribution in [0.4, 0.5) is 0 Å². The molecule has 3 saturated heterocycles. The van der Waals surface area contributed by atoms with E-state index in [-0.39, 0.29) is 41.4 Å². The summed E-state index contributed by atoms with van der Waals surface area (Å²) in [7, 11) is 0. The number of benzene rings is 2. The first kappa shape index (κ1) is 22.9. The fourth-order valence-corrected chi connectivity index (χ4v) is 6.60. The summed E-state index contributed by atoms with van der Waals surface area (Å²) in [6.07, 6.45) is 2.77. The highest BCUT2D eigenvalue weighted by atomic mass is 16.3. The van der Waals surface area contributed by atoms with Crippen LogP contribution >= 0.6 is 0 Å². The fourth-order valence-electron chi connectivity index (χ4n) is 6.60. The Balaban J connectivity index is 1.45. The molecular weight excluding hydrogens is 426 g/mol. The predicted octanol–water partition coefficient (Wildman–Crippen LogP) is 3.45. The SMILES string of the molecule is CC(C)CCC1C2CC3CN(Cc4ccc(O)cc4)C1C3(C(=O)NCc1ccccc1)NC2=O. The minimum Gasteiger partial charge on any atom is -0.508 e. The van der Waals surface area contributed by atoms with Crippen molar-refractivity contribution in [2.24, 2.45) is 23.7 Å². The lowest BCUT2D eigenvalue weighted by molar-refractivity contribution is -0.154. The summed E-state index contributed by atoms with van der Waals surface area (Å²) >= 11 is 0. The first-order valence-corrected chi connectivity index (χ1v) is 12.5. The number of hydrogen-bond acceptors (Lipinski definition) is 4. The van der Waals surface area contributed by atoms with Gasteiger partial charge in [0.05, 0.1) is 0 Å². The van der Waals surface area contributed by atoms with Crippen LogP contribution in [0.5, 0.6) is 5.75 Å². The number of piperidine rings is 2. The molecule has 3 heterocycles. The lowest BCUT2D eigenvalue weighted by Gasteiger charge is -2.55. The highest BCUT2D eigenvalue weighted by molar-refractivity contribution is 5.97. The Hall–Kier alpha value is -2.86. The van der Waals surface area contributed by atoms with Gasteiger partial charge in [-0.15, -0.1) is 0 Å². The number of carbonyl (C=O) groups excluding carboxylic acids is 2. The smallest absolute Gasteiger partial charge is 0.248 e. The topological polar surface area (TPSA) is 81.7 Å². The molecule has 4 fully saturated rings. The average molecular weight is 462 g/mol. The third kappa shape index (κ3) is 3.98. The fraction of sp³-hybridized carbons (Fsp3) is 0.500. The summed E-state index contributed by atoms with van der Waals surface area (Å²) < 4.78 is 0. The summed E-state index contributed by atoms with van der Waals surface area (Å²) in [5, 5.41) is 16.1. The maximum Gasteiger partial charge on any atom is 0.248 e. The number of nitrogens with one attached hydrogen (secondary N) is 2. The second kappa shape index (κ2) is 9.06. The van der Waals surface area contributed by atoms with Gasteiger partial charge in [0.25, 0.3) is 0 Å². The third-order valence-corrected chi connectivity index (χ3v) is 8.16. The molecule has 6 heteroatoms. The van der Waals surface area contributed by atoms with Crippen molar-refractivity contribution in [1.82, 2.24) is 15.5 Å². The second-order valence-corrected chi connectivity index (χ2v) is 10.7. The van der Waals surface area contributed by atoms with Gasteiger partial charge < -0.3 is 15.7 Å². The van der Waals surface area contributed by atoms with Gasteiger partial charge in [-0.1, -0.05) is 62.7 Å². The average Bonchev–Trinajstić information content (AvgIpc) is 3.04. The van der Waals surface area contributed by atoms with Crippen molar-refractivity contribution in [3.63, 3.8) is 0 Å². The number of rotatable bonds is 8. The molecule has 4 aliphatic rings. The van der Waals surface area contributed by atoms with E-state index in [4.69, 9.17) is 0 Å². The summed E-state index contributed by atoms with van der Waals surface area (Å²) in [6, 6.07) is 17.2. The number of amides is 2. The van der Waals surface area contributed by atoms with Crippen molar-refractivity contribution < 1.29 is 14.7 Å². The van der Waals surface area contributed by atoms with Crippen LogP contribution in [0, 0.1) is 23.7 Å². The second-order valence-electron chi connectivity index (χ2n) is 10.7. The van der Waals surface area contributed by atoms with E-state index in [1.54, 1.807) is 12.1 Å². The van der Waals surface area contributed by atoms with Crippen LogP contribution in [-0.2, 0) is 22.7 Å². The van der Waals surface area contributed by atoms with E-state index < -0.39 is 5.54 Å². The number of nitrogens with zero attached hydrogens (tertiary/aromatic N) is 1. The maximum atomic E-state index is 13.9.